The van der Waals surface area contributed by atoms with Gasteiger partial charge >= 0.3 is 0 Å². The van der Waals surface area contributed by atoms with Gasteiger partial charge in [-0.3, -0.25) is 4.68 Å². The topological polar surface area (TPSA) is 68.8 Å². The van der Waals surface area contributed by atoms with Crippen LogP contribution in [-0.2, 0) is 26.4 Å². The molecule has 0 aromatic carbocycles. The van der Waals surface area contributed by atoms with Crippen LogP contribution in [0.2, 0.25) is 0 Å². The smallest absolute Gasteiger partial charge is 0.258 e. The molecule has 1 aliphatic carbocycles. The molecule has 3 aromatic rings. The van der Waals surface area contributed by atoms with E-state index in [9.17, 15) is 0 Å². The van der Waals surface area contributed by atoms with Crippen LogP contribution in [0.25, 0.3) is 11.1 Å². The summed E-state index contributed by atoms with van der Waals surface area (Å²) in [5.41, 5.74) is 6.37. The van der Waals surface area contributed by atoms with Crippen LogP contribution in [0.3, 0.4) is 0 Å². The van der Waals surface area contributed by atoms with Crippen LogP contribution in [-0.4, -0.2) is 19.9 Å². The Kier molecular flexibility index (Phi) is 2.70. The van der Waals surface area contributed by atoms with E-state index in [0.717, 1.165) is 36.2 Å². The van der Waals surface area contributed by atoms with Crippen molar-refractivity contribution >= 4 is 16.8 Å². The lowest BCUT2D eigenvalue weighted by Crippen LogP contribution is -2.07. The molecule has 0 atom stereocenters. The molecule has 0 radical (unpaired) electrons. The van der Waals surface area contributed by atoms with E-state index in [1.165, 1.54) is 23.4 Å². The molecule has 0 amide bonds. The second kappa shape index (κ2) is 4.58. The van der Waals surface area contributed by atoms with Crippen LogP contribution in [0.5, 0.6) is 0 Å². The maximum absolute atomic E-state index is 5.13. The summed E-state index contributed by atoms with van der Waals surface area (Å²) in [6, 6.07) is 2.03. The maximum Gasteiger partial charge on any atom is 0.258 e. The van der Waals surface area contributed by atoms with Gasteiger partial charge in [-0.25, -0.2) is 4.98 Å². The highest BCUT2D eigenvalue weighted by Crippen LogP contribution is 2.25. The first-order valence-electron chi connectivity index (χ1n) is 7.22. The van der Waals surface area contributed by atoms with Crippen LogP contribution in [0.15, 0.2) is 16.8 Å². The van der Waals surface area contributed by atoms with Crippen molar-refractivity contribution in [3.63, 3.8) is 0 Å². The van der Waals surface area contributed by atoms with Gasteiger partial charge in [0.2, 0.25) is 0 Å². The Labute approximate surface area is 122 Å². The fraction of sp³-hybridized carbons (Fsp3) is 0.400. The average Bonchev–Trinajstić information content (AvgIpc) is 3.13. The van der Waals surface area contributed by atoms with Crippen LogP contribution in [0.4, 0.5) is 5.69 Å². The number of aromatic nitrogens is 4. The van der Waals surface area contributed by atoms with Crippen molar-refractivity contribution in [2.75, 3.05) is 5.32 Å². The fourth-order valence-electron chi connectivity index (χ4n) is 3.03. The quantitative estimate of drug-likeness (QED) is 0.799. The van der Waals surface area contributed by atoms with Gasteiger partial charge in [-0.1, -0.05) is 5.16 Å². The van der Waals surface area contributed by atoms with E-state index in [4.69, 9.17) is 4.52 Å². The number of fused-ring (bicyclic) bond motifs is 2. The molecule has 0 unspecified atom stereocenters. The molecule has 0 aliphatic heterocycles. The van der Waals surface area contributed by atoms with E-state index in [2.05, 4.69) is 20.6 Å². The van der Waals surface area contributed by atoms with E-state index < -0.39 is 0 Å². The van der Waals surface area contributed by atoms with E-state index in [1.807, 2.05) is 24.7 Å². The lowest BCUT2D eigenvalue weighted by atomic mass is 10.2. The summed E-state index contributed by atoms with van der Waals surface area (Å²) in [6.07, 6.45) is 5.25. The number of aryl methyl sites for hydroxylation is 3. The Morgan fingerprint density at radius 2 is 2.29 bits per heavy atom. The SMILES string of the molecule is Cc1noc2ncc(NCc3c4c(nn3C)CCC4)cc12. The van der Waals surface area contributed by atoms with Crippen molar-refractivity contribution in [1.29, 1.82) is 0 Å². The summed E-state index contributed by atoms with van der Waals surface area (Å²) >= 11 is 0. The molecule has 0 saturated heterocycles. The normalized spacial score (nSPS) is 13.8. The van der Waals surface area contributed by atoms with Crippen molar-refractivity contribution in [3.05, 3.63) is 34.9 Å². The summed E-state index contributed by atoms with van der Waals surface area (Å²) < 4.78 is 7.12. The van der Waals surface area contributed by atoms with Crippen LogP contribution < -0.4 is 5.32 Å². The third kappa shape index (κ3) is 1.98. The second-order valence-corrected chi connectivity index (χ2v) is 5.55. The zero-order valence-corrected chi connectivity index (χ0v) is 12.2. The maximum atomic E-state index is 5.13. The Hall–Kier alpha value is -2.37. The van der Waals surface area contributed by atoms with Crippen molar-refractivity contribution in [3.8, 4) is 0 Å². The second-order valence-electron chi connectivity index (χ2n) is 5.55. The molecule has 6 heteroatoms. The molecule has 3 heterocycles. The van der Waals surface area contributed by atoms with Gasteiger partial charge in [0.05, 0.1) is 40.9 Å². The Morgan fingerprint density at radius 1 is 1.38 bits per heavy atom. The minimum atomic E-state index is 0.583. The van der Waals surface area contributed by atoms with Crippen molar-refractivity contribution in [1.82, 2.24) is 19.9 Å². The summed E-state index contributed by atoms with van der Waals surface area (Å²) in [7, 11) is 2.01. The van der Waals surface area contributed by atoms with Gasteiger partial charge in [-0.05, 0) is 37.8 Å². The van der Waals surface area contributed by atoms with Gasteiger partial charge in [0.1, 0.15) is 0 Å². The summed E-state index contributed by atoms with van der Waals surface area (Å²) in [6.45, 7) is 2.68. The molecule has 21 heavy (non-hydrogen) atoms. The average molecular weight is 283 g/mol. The molecule has 1 N–H and O–H groups in total. The molecule has 108 valence electrons. The van der Waals surface area contributed by atoms with E-state index in [0.29, 0.717) is 5.71 Å². The third-order valence-corrected chi connectivity index (χ3v) is 4.17. The highest BCUT2D eigenvalue weighted by Gasteiger charge is 2.20. The largest absolute Gasteiger partial charge is 0.378 e. The van der Waals surface area contributed by atoms with Crippen LogP contribution in [0.1, 0.15) is 29.1 Å². The summed E-state index contributed by atoms with van der Waals surface area (Å²) in [5, 5.41) is 12.9. The number of hydrogen-bond donors (Lipinski definition) is 1. The molecule has 0 fully saturated rings. The summed E-state index contributed by atoms with van der Waals surface area (Å²) in [5.74, 6) is 0. The summed E-state index contributed by atoms with van der Waals surface area (Å²) in [4.78, 5) is 4.28. The molecule has 3 aromatic heterocycles. The molecule has 0 bridgehead atoms. The zero-order chi connectivity index (χ0) is 14.4. The molecule has 4 rings (SSSR count). The minimum Gasteiger partial charge on any atom is -0.378 e. The molecule has 0 saturated carbocycles. The van der Waals surface area contributed by atoms with Gasteiger partial charge in [0, 0.05) is 7.05 Å². The highest BCUT2D eigenvalue weighted by molar-refractivity contribution is 5.79. The number of nitrogens with zero attached hydrogens (tertiary/aromatic N) is 4. The molecular weight excluding hydrogens is 266 g/mol. The Balaban J connectivity index is 1.59. The standard InChI is InChI=1S/C15H17N5O/c1-9-12-6-10(7-17-15(12)21-19-9)16-8-14-11-4-3-5-13(11)18-20(14)2/h6-7,16H,3-5,8H2,1-2H3. The van der Waals surface area contributed by atoms with E-state index >= 15 is 0 Å². The number of anilines is 1. The first-order valence-corrected chi connectivity index (χ1v) is 7.22. The Bertz CT molecular complexity index is 817. The molecule has 0 spiro atoms. The Morgan fingerprint density at radius 3 is 3.19 bits per heavy atom. The lowest BCUT2D eigenvalue weighted by Gasteiger charge is -2.08. The predicted molar refractivity (Wildman–Crippen MR) is 79.1 cm³/mol. The predicted octanol–water partition coefficient (Wildman–Crippen LogP) is 2.37. The van der Waals surface area contributed by atoms with Gasteiger partial charge in [0.25, 0.3) is 5.71 Å². The van der Waals surface area contributed by atoms with Crippen molar-refractivity contribution < 1.29 is 4.52 Å². The molecular formula is C15H17N5O. The number of rotatable bonds is 3. The first-order chi connectivity index (χ1) is 10.2. The van der Waals surface area contributed by atoms with Crippen molar-refractivity contribution in [2.24, 2.45) is 7.05 Å². The number of hydrogen-bond acceptors (Lipinski definition) is 5. The first kappa shape index (κ1) is 12.4. The van der Waals surface area contributed by atoms with Crippen LogP contribution >= 0.6 is 0 Å². The van der Waals surface area contributed by atoms with Gasteiger partial charge in [-0.15, -0.1) is 0 Å². The lowest BCUT2D eigenvalue weighted by molar-refractivity contribution is 0.443. The zero-order valence-electron chi connectivity index (χ0n) is 12.2. The third-order valence-electron chi connectivity index (χ3n) is 4.17. The minimum absolute atomic E-state index is 0.583. The van der Waals surface area contributed by atoms with Crippen LogP contribution in [0, 0.1) is 6.92 Å². The monoisotopic (exact) mass is 283 g/mol. The fourth-order valence-corrected chi connectivity index (χ4v) is 3.03. The van der Waals surface area contributed by atoms with Gasteiger partial charge < -0.3 is 9.84 Å². The van der Waals surface area contributed by atoms with Gasteiger partial charge in [-0.2, -0.15) is 5.10 Å². The van der Waals surface area contributed by atoms with E-state index in [1.54, 1.807) is 6.20 Å². The van der Waals surface area contributed by atoms with Gasteiger partial charge in [0.15, 0.2) is 0 Å². The molecule has 6 nitrogen and oxygen atoms in total. The highest BCUT2D eigenvalue weighted by atomic mass is 16.5. The number of nitrogens with one attached hydrogen (secondary N) is 1. The number of pyridine rings is 1. The van der Waals surface area contributed by atoms with Crippen molar-refractivity contribution in [2.45, 2.75) is 32.7 Å². The molecule has 1 aliphatic rings. The van der Waals surface area contributed by atoms with E-state index in [-0.39, 0.29) is 0 Å².